The van der Waals surface area contributed by atoms with Crippen LogP contribution in [0.25, 0.3) is 5.84 Å². The van der Waals surface area contributed by atoms with Gasteiger partial charge < -0.3 is 37.4 Å². The van der Waals surface area contributed by atoms with E-state index in [0.29, 0.717) is 13.1 Å². The summed E-state index contributed by atoms with van der Waals surface area (Å²) in [4.78, 5) is 35.6. The van der Waals surface area contributed by atoms with Gasteiger partial charge in [-0.1, -0.05) is 0 Å². The summed E-state index contributed by atoms with van der Waals surface area (Å²) < 4.78 is 0. The van der Waals surface area contributed by atoms with Gasteiger partial charge in [0.05, 0.1) is 0 Å². The minimum Gasteiger partial charge on any atom is -0.612 e. The van der Waals surface area contributed by atoms with Crippen LogP contribution in [0.4, 0.5) is 0 Å². The van der Waals surface area contributed by atoms with E-state index in [2.05, 4.69) is 33.1 Å². The predicted octanol–water partition coefficient (Wildman–Crippen LogP) is -0.880. The van der Waals surface area contributed by atoms with Crippen LogP contribution in [0.5, 0.6) is 0 Å². The summed E-state index contributed by atoms with van der Waals surface area (Å²) >= 11 is 0. The molecule has 0 aliphatic heterocycles. The van der Waals surface area contributed by atoms with E-state index < -0.39 is 23.9 Å². The molecule has 0 aliphatic rings. The fourth-order valence-electron chi connectivity index (χ4n) is 0.0722. The van der Waals surface area contributed by atoms with Gasteiger partial charge in [-0.3, -0.25) is 46.9 Å². The minimum atomic E-state index is -1.08. The monoisotopic (exact) mass is 366 g/mol. The minimum absolute atomic E-state index is 0. The fraction of sp³-hybridized carbons (Fsp3) is 0.200. The first-order chi connectivity index (χ1) is 9.34. The number of rotatable bonds is 2. The van der Waals surface area contributed by atoms with E-state index >= 15 is 0 Å². The topological polar surface area (TPSA) is 211 Å². The van der Waals surface area contributed by atoms with Gasteiger partial charge in [-0.05, 0) is 6.54 Å². The molecule has 0 aromatic rings. The molecule has 8 N–H and O–H groups in total. The van der Waals surface area contributed by atoms with Crippen molar-refractivity contribution < 1.29 is 56.7 Å². The number of carbonyl (C=O) groups is 4. The van der Waals surface area contributed by atoms with Crippen LogP contribution in [0.15, 0.2) is 0 Å². The maximum absolute atomic E-state index is 8.89. The van der Waals surface area contributed by atoms with Crippen molar-refractivity contribution in [3.63, 3.8) is 0 Å². The van der Waals surface area contributed by atoms with Gasteiger partial charge in [-0.25, -0.2) is 0 Å². The molecular weight excluding hydrogens is 346 g/mol. The zero-order chi connectivity index (χ0) is 18.4. The van der Waals surface area contributed by atoms with Gasteiger partial charge in [0.15, 0.2) is 23.9 Å². The summed E-state index contributed by atoms with van der Waals surface area (Å²) in [7, 11) is 0. The van der Waals surface area contributed by atoms with E-state index in [1.807, 2.05) is 0 Å². The molecule has 0 heterocycles. The van der Waals surface area contributed by atoms with E-state index in [-0.39, 0.29) is 17.1 Å². The molecule has 12 heteroatoms. The molecule has 22 heavy (non-hydrogen) atoms. The molecule has 1 radical (unpaired) electrons. The molecule has 131 valence electrons. The second-order valence-corrected chi connectivity index (χ2v) is 2.29. The van der Waals surface area contributed by atoms with Crippen LogP contribution in [-0.2, 0) is 36.2 Å². The summed E-state index contributed by atoms with van der Waals surface area (Å²) in [5, 5.41) is 29.2. The number of carboxylic acid groups (broad SMARTS) is 4. The van der Waals surface area contributed by atoms with Crippen molar-refractivity contribution in [2.45, 2.75) is 0 Å². The third-order valence-electron chi connectivity index (χ3n) is 0.269. The fourth-order valence-corrected chi connectivity index (χ4v) is 0.0722. The summed E-state index contributed by atoms with van der Waals surface area (Å²) in [5.41, 5.74) is 7.10. The van der Waals surface area contributed by atoms with Gasteiger partial charge in [0, 0.05) is 6.54 Å². The number of nitrogens with two attached hydrogens (primary N) is 1. The molecule has 0 bridgehead atoms. The molecule has 0 saturated heterocycles. The quantitative estimate of drug-likeness (QED) is 0.202. The summed E-state index contributed by atoms with van der Waals surface area (Å²) in [6, 6.07) is 0. The largest absolute Gasteiger partial charge is 5.00 e. The summed E-state index contributed by atoms with van der Waals surface area (Å²) in [6.07, 6.45) is 0. The SMILES string of the molecule is [CH2-]C(=O)O.[CH2-]C(=O)O.[CH2-]C(=O)O.[CH2-]C(=O)O.[Fe+5].[NH-]NCCN. The average molecular weight is 366 g/mol. The number of hydrogen-bond acceptors (Lipinski definition) is 6. The maximum atomic E-state index is 8.89. The second-order valence-electron chi connectivity index (χ2n) is 2.29. The standard InChI is InChI=1S/C2H8N3.4C2H3O2.Fe/c3-1-2-5-4;4*1-2(3)4;/h4-5H,1-3H2;4*1H2,(H,3,4);/q5*-1;+5. The normalized spacial score (nSPS) is 6.27. The molecule has 0 aliphatic carbocycles. The molecule has 11 nitrogen and oxygen atoms in total. The molecule has 0 aromatic carbocycles. The Balaban J connectivity index is -0.0000000361. The van der Waals surface area contributed by atoms with Crippen molar-refractivity contribution in [3.05, 3.63) is 33.5 Å². The first-order valence-corrected chi connectivity index (χ1v) is 4.64. The Morgan fingerprint density at radius 1 is 0.818 bits per heavy atom. The smallest absolute Gasteiger partial charge is 0.612 e. The summed E-state index contributed by atoms with van der Waals surface area (Å²) in [5.74, 6) is 1.94. The third-order valence-corrected chi connectivity index (χ3v) is 0.269. The van der Waals surface area contributed by atoms with Gasteiger partial charge in [-0.2, -0.15) is 0 Å². The molecule has 0 spiro atoms. The number of aliphatic carboxylic acids is 4. The average Bonchev–Trinajstić information content (AvgIpc) is 2.14. The van der Waals surface area contributed by atoms with E-state index in [1.165, 1.54) is 0 Å². The van der Waals surface area contributed by atoms with E-state index in [4.69, 9.17) is 51.2 Å². The van der Waals surface area contributed by atoms with Gasteiger partial charge in [-0.15, -0.1) is 0 Å². The first-order valence-electron chi connectivity index (χ1n) is 4.64. The van der Waals surface area contributed by atoms with Crippen LogP contribution < -0.4 is 11.2 Å². The second kappa shape index (κ2) is 36.3. The molecule has 0 atom stereocenters. The number of carboxylic acids is 4. The van der Waals surface area contributed by atoms with Crippen LogP contribution in [0, 0.1) is 27.7 Å². The summed E-state index contributed by atoms with van der Waals surface area (Å²) in [6.45, 7) is 11.4. The molecular formula is C10H20FeN3O8. The zero-order valence-corrected chi connectivity index (χ0v) is 12.7. The van der Waals surface area contributed by atoms with Gasteiger partial charge in [0.25, 0.3) is 0 Å². The molecule has 0 saturated carbocycles. The van der Waals surface area contributed by atoms with E-state index in [9.17, 15) is 0 Å². The van der Waals surface area contributed by atoms with Gasteiger partial charge >= 0.3 is 17.1 Å². The molecule has 0 aromatic heterocycles. The van der Waals surface area contributed by atoms with Gasteiger partial charge in [0.1, 0.15) is 0 Å². The van der Waals surface area contributed by atoms with Crippen LogP contribution in [-0.4, -0.2) is 57.4 Å². The van der Waals surface area contributed by atoms with Crippen LogP contribution in [0.2, 0.25) is 0 Å². The Labute approximate surface area is 139 Å². The maximum Gasteiger partial charge on any atom is 5.00 e. The van der Waals surface area contributed by atoms with Crippen molar-refractivity contribution in [2.75, 3.05) is 13.1 Å². The Bertz CT molecular complexity index is 211. The Hall–Kier alpha value is -2.24. The molecule has 0 rings (SSSR count). The third kappa shape index (κ3) is 86200. The molecule has 0 fully saturated rings. The number of nitrogens with one attached hydrogen (secondary N) is 2. The van der Waals surface area contributed by atoms with Crippen LogP contribution >= 0.6 is 0 Å². The van der Waals surface area contributed by atoms with Crippen LogP contribution in [0.3, 0.4) is 0 Å². The Morgan fingerprint density at radius 3 is 0.955 bits per heavy atom. The van der Waals surface area contributed by atoms with Crippen molar-refractivity contribution in [1.29, 1.82) is 0 Å². The van der Waals surface area contributed by atoms with Crippen molar-refractivity contribution in [2.24, 2.45) is 5.73 Å². The zero-order valence-electron chi connectivity index (χ0n) is 11.6. The first kappa shape index (κ1) is 36.7. The Morgan fingerprint density at radius 2 is 0.955 bits per heavy atom. The predicted molar refractivity (Wildman–Crippen MR) is 73.4 cm³/mol. The van der Waals surface area contributed by atoms with Crippen molar-refractivity contribution in [3.8, 4) is 0 Å². The van der Waals surface area contributed by atoms with Gasteiger partial charge in [0.2, 0.25) is 0 Å². The van der Waals surface area contributed by atoms with E-state index in [1.54, 1.807) is 0 Å². The van der Waals surface area contributed by atoms with Crippen molar-refractivity contribution in [1.82, 2.24) is 5.43 Å². The van der Waals surface area contributed by atoms with E-state index in [0.717, 1.165) is 0 Å². The molecule has 0 amide bonds. The molecule has 0 unspecified atom stereocenters. The Kier molecular flexibility index (Phi) is 60.7. The van der Waals surface area contributed by atoms with Crippen molar-refractivity contribution >= 4 is 23.9 Å². The number of hydrogen-bond donors (Lipinski definition) is 6. The van der Waals surface area contributed by atoms with Crippen LogP contribution in [0.1, 0.15) is 0 Å².